The number of carbonyl (C=O) groups excluding carboxylic acids is 2. The Hall–Kier alpha value is -3.81. The van der Waals surface area contributed by atoms with Crippen LogP contribution in [0.3, 0.4) is 0 Å². The van der Waals surface area contributed by atoms with E-state index in [9.17, 15) is 18.8 Å². The van der Waals surface area contributed by atoms with Crippen LogP contribution in [0.15, 0.2) is 59.4 Å². The number of esters is 2. The second-order valence-electron chi connectivity index (χ2n) is 5.77. The number of para-hydroxylation sites is 1. The third-order valence-electron chi connectivity index (χ3n) is 3.87. The lowest BCUT2D eigenvalue weighted by Gasteiger charge is -2.11. The van der Waals surface area contributed by atoms with Crippen LogP contribution >= 0.6 is 0 Å². The van der Waals surface area contributed by atoms with Gasteiger partial charge in [-0.05, 0) is 43.3 Å². The highest BCUT2D eigenvalue weighted by Gasteiger charge is 2.19. The van der Waals surface area contributed by atoms with Crippen LogP contribution in [0.25, 0.3) is 5.69 Å². The van der Waals surface area contributed by atoms with E-state index in [1.54, 1.807) is 13.0 Å². The second-order valence-corrected chi connectivity index (χ2v) is 5.77. The van der Waals surface area contributed by atoms with Crippen LogP contribution in [0.5, 0.6) is 5.75 Å². The highest BCUT2D eigenvalue weighted by molar-refractivity contribution is 5.90. The van der Waals surface area contributed by atoms with Crippen LogP contribution in [0.2, 0.25) is 0 Å². The maximum absolute atomic E-state index is 14.1. The van der Waals surface area contributed by atoms with Crippen molar-refractivity contribution >= 4 is 11.9 Å². The van der Waals surface area contributed by atoms with E-state index < -0.39 is 28.9 Å². The van der Waals surface area contributed by atoms with Gasteiger partial charge in [-0.1, -0.05) is 12.1 Å². The lowest BCUT2D eigenvalue weighted by Crippen LogP contribution is -2.26. The predicted molar refractivity (Wildman–Crippen MR) is 97.3 cm³/mol. The summed E-state index contributed by atoms with van der Waals surface area (Å²) in [5.41, 5.74) is -0.421. The van der Waals surface area contributed by atoms with Crippen molar-refractivity contribution in [2.75, 3.05) is 7.11 Å². The first-order chi connectivity index (χ1) is 13.4. The minimum atomic E-state index is -0.999. The van der Waals surface area contributed by atoms with Crippen LogP contribution in [0.4, 0.5) is 4.39 Å². The fourth-order valence-corrected chi connectivity index (χ4v) is 2.49. The first-order valence-corrected chi connectivity index (χ1v) is 8.17. The van der Waals surface area contributed by atoms with E-state index in [1.807, 2.05) is 0 Å². The maximum Gasteiger partial charge on any atom is 0.368 e. The lowest BCUT2D eigenvalue weighted by atomic mass is 10.2. The van der Waals surface area contributed by atoms with Gasteiger partial charge in [-0.15, -0.1) is 0 Å². The highest BCUT2D eigenvalue weighted by Crippen LogP contribution is 2.16. The summed E-state index contributed by atoms with van der Waals surface area (Å²) in [5.74, 6) is -1.98. The van der Waals surface area contributed by atoms with Crippen molar-refractivity contribution in [3.8, 4) is 11.4 Å². The van der Waals surface area contributed by atoms with Gasteiger partial charge in [0, 0.05) is 11.8 Å². The summed E-state index contributed by atoms with van der Waals surface area (Å²) in [6, 6.07) is 12.6. The normalized spacial score (nSPS) is 10.4. The molecule has 0 bridgehead atoms. The first kappa shape index (κ1) is 19.0. The smallest absolute Gasteiger partial charge is 0.368 e. The molecule has 0 fully saturated rings. The zero-order chi connectivity index (χ0) is 20.3. The van der Waals surface area contributed by atoms with Gasteiger partial charge in [0.2, 0.25) is 11.1 Å². The molecule has 0 aliphatic heterocycles. The summed E-state index contributed by atoms with van der Waals surface area (Å²) in [4.78, 5) is 36.0. The zero-order valence-corrected chi connectivity index (χ0v) is 15.0. The third-order valence-corrected chi connectivity index (χ3v) is 3.87. The monoisotopic (exact) mass is 382 g/mol. The number of ether oxygens (including phenoxy) is 2. The van der Waals surface area contributed by atoms with Gasteiger partial charge in [0.05, 0.1) is 12.7 Å². The van der Waals surface area contributed by atoms with Crippen molar-refractivity contribution in [2.45, 2.75) is 6.92 Å². The molecule has 142 valence electrons. The van der Waals surface area contributed by atoms with Crippen LogP contribution in [-0.4, -0.2) is 28.8 Å². The Morgan fingerprint density at radius 2 is 1.71 bits per heavy atom. The number of benzene rings is 2. The van der Waals surface area contributed by atoms with Crippen LogP contribution in [0.1, 0.15) is 26.5 Å². The average Bonchev–Trinajstić information content (AvgIpc) is 2.68. The molecule has 7 nitrogen and oxygen atoms in total. The highest BCUT2D eigenvalue weighted by atomic mass is 19.1. The number of methoxy groups -OCH3 is 1. The topological polar surface area (TPSA) is 87.5 Å². The van der Waals surface area contributed by atoms with Gasteiger partial charge in [-0.2, -0.15) is 5.10 Å². The molecule has 3 rings (SSSR count). The molecule has 0 unspecified atom stereocenters. The Kier molecular flexibility index (Phi) is 5.30. The number of hydrogen-bond acceptors (Lipinski definition) is 6. The summed E-state index contributed by atoms with van der Waals surface area (Å²) >= 11 is 0. The second kappa shape index (κ2) is 7.83. The Labute approximate surface area is 159 Å². The quantitative estimate of drug-likeness (QED) is 0.509. The molecule has 0 N–H and O–H groups in total. The molecule has 0 saturated heterocycles. The minimum Gasteiger partial charge on any atom is -0.465 e. The molecular weight excluding hydrogens is 367 g/mol. The van der Waals surface area contributed by atoms with Gasteiger partial charge in [0.1, 0.15) is 17.3 Å². The van der Waals surface area contributed by atoms with Crippen molar-refractivity contribution in [1.29, 1.82) is 0 Å². The van der Waals surface area contributed by atoms with Gasteiger partial charge in [-0.25, -0.2) is 18.7 Å². The SMILES string of the molecule is COC(=O)c1ccc(OC(=O)c2nn(-c3ccccc3F)c(C)cc2=O)cc1. The van der Waals surface area contributed by atoms with Gasteiger partial charge in [-0.3, -0.25) is 4.79 Å². The summed E-state index contributed by atoms with van der Waals surface area (Å²) in [5, 5.41) is 3.97. The number of carbonyl (C=O) groups is 2. The molecule has 0 spiro atoms. The minimum absolute atomic E-state index is 0.0940. The standard InChI is InChI=1S/C20H15FN2O5/c1-12-11-17(24)18(22-23(12)16-6-4-3-5-15(16)21)20(26)28-14-9-7-13(8-10-14)19(25)27-2/h3-11H,1-2H3. The molecule has 0 amide bonds. The van der Waals surface area contributed by atoms with Crippen LogP contribution in [-0.2, 0) is 4.74 Å². The predicted octanol–water partition coefficient (Wildman–Crippen LogP) is 2.69. The molecule has 0 aliphatic carbocycles. The van der Waals surface area contributed by atoms with Crippen LogP contribution in [0, 0.1) is 12.7 Å². The van der Waals surface area contributed by atoms with E-state index in [4.69, 9.17) is 4.74 Å². The van der Waals surface area contributed by atoms with E-state index in [2.05, 4.69) is 9.84 Å². The summed E-state index contributed by atoms with van der Waals surface area (Å²) in [6.45, 7) is 1.57. The van der Waals surface area contributed by atoms with Crippen molar-refractivity contribution in [1.82, 2.24) is 9.78 Å². The molecule has 28 heavy (non-hydrogen) atoms. The Morgan fingerprint density at radius 1 is 1.04 bits per heavy atom. The molecule has 0 saturated carbocycles. The van der Waals surface area contributed by atoms with Gasteiger partial charge in [0.15, 0.2) is 0 Å². The maximum atomic E-state index is 14.1. The first-order valence-electron chi connectivity index (χ1n) is 8.17. The van der Waals surface area contributed by atoms with Gasteiger partial charge >= 0.3 is 11.9 Å². The molecule has 0 atom stereocenters. The molecular formula is C20H15FN2O5. The lowest BCUT2D eigenvalue weighted by molar-refractivity contribution is 0.0600. The Morgan fingerprint density at radius 3 is 2.36 bits per heavy atom. The molecule has 0 radical (unpaired) electrons. The summed E-state index contributed by atoms with van der Waals surface area (Å²) < 4.78 is 25.0. The number of halogens is 1. The van der Waals surface area contributed by atoms with E-state index in [-0.39, 0.29) is 17.0 Å². The molecule has 3 aromatic rings. The number of nitrogens with zero attached hydrogens (tertiary/aromatic N) is 2. The van der Waals surface area contributed by atoms with Crippen molar-refractivity contribution < 1.29 is 23.5 Å². The van der Waals surface area contributed by atoms with Gasteiger partial charge in [0.25, 0.3) is 0 Å². The van der Waals surface area contributed by atoms with Crippen LogP contribution < -0.4 is 10.2 Å². The molecule has 1 heterocycles. The van der Waals surface area contributed by atoms with E-state index in [1.165, 1.54) is 55.6 Å². The van der Waals surface area contributed by atoms with E-state index in [0.29, 0.717) is 5.69 Å². The van der Waals surface area contributed by atoms with Gasteiger partial charge < -0.3 is 9.47 Å². The third kappa shape index (κ3) is 3.80. The summed E-state index contributed by atoms with van der Waals surface area (Å²) in [6.07, 6.45) is 0. The van der Waals surface area contributed by atoms with Crippen molar-refractivity contribution in [2.24, 2.45) is 0 Å². The fourth-order valence-electron chi connectivity index (χ4n) is 2.49. The summed E-state index contributed by atoms with van der Waals surface area (Å²) in [7, 11) is 1.25. The Bertz CT molecular complexity index is 1110. The number of hydrogen-bond donors (Lipinski definition) is 0. The number of aromatic nitrogens is 2. The average molecular weight is 382 g/mol. The Balaban J connectivity index is 1.92. The fraction of sp³-hybridized carbons (Fsp3) is 0.100. The molecule has 1 aromatic heterocycles. The molecule has 0 aliphatic rings. The number of rotatable bonds is 4. The number of aryl methyl sites for hydroxylation is 1. The van der Waals surface area contributed by atoms with Crippen molar-refractivity contribution in [3.63, 3.8) is 0 Å². The largest absolute Gasteiger partial charge is 0.465 e. The zero-order valence-electron chi connectivity index (χ0n) is 15.0. The van der Waals surface area contributed by atoms with E-state index >= 15 is 0 Å². The van der Waals surface area contributed by atoms with Crippen molar-refractivity contribution in [3.05, 3.63) is 87.6 Å². The van der Waals surface area contributed by atoms with E-state index in [0.717, 1.165) is 4.68 Å². The molecule has 8 heteroatoms. The molecule has 2 aromatic carbocycles.